The fraction of sp³-hybridized carbons (Fsp3) is 0.292. The fourth-order valence-corrected chi connectivity index (χ4v) is 5.27. The molecule has 1 fully saturated rings. The van der Waals surface area contributed by atoms with Crippen LogP contribution in [0.2, 0.25) is 0 Å². The van der Waals surface area contributed by atoms with Crippen LogP contribution < -0.4 is 10.6 Å². The molecule has 1 aromatic heterocycles. The average Bonchev–Trinajstić information content (AvgIpc) is 3.05. The van der Waals surface area contributed by atoms with E-state index in [1.165, 1.54) is 4.88 Å². The second-order valence-corrected chi connectivity index (χ2v) is 9.19. The van der Waals surface area contributed by atoms with Crippen LogP contribution in [-0.4, -0.2) is 35.5 Å². The zero-order valence-electron chi connectivity index (χ0n) is 17.2. The minimum Gasteiger partial charge on any atom is -0.389 e. The topological polar surface area (TPSA) is 59.9 Å². The number of aliphatic hydroxyl groups excluding tert-OH is 1. The number of benzene rings is 2. The number of nitrogens with one attached hydrogen (secondary N) is 2. The summed E-state index contributed by atoms with van der Waals surface area (Å²) in [5, 5.41) is 18.6. The summed E-state index contributed by atoms with van der Waals surface area (Å²) in [6.45, 7) is 6.54. The lowest BCUT2D eigenvalue weighted by Gasteiger charge is -2.37. The van der Waals surface area contributed by atoms with Crippen LogP contribution in [0.25, 0.3) is 0 Å². The Hall–Kier alpha value is -2.67. The van der Waals surface area contributed by atoms with Gasteiger partial charge in [0.15, 0.2) is 0 Å². The molecule has 6 heteroatoms. The molecule has 2 aliphatic heterocycles. The maximum Gasteiger partial charge on any atom is 0.139 e. The van der Waals surface area contributed by atoms with Gasteiger partial charge < -0.3 is 20.6 Å². The van der Waals surface area contributed by atoms with Crippen molar-refractivity contribution in [3.63, 3.8) is 0 Å². The van der Waals surface area contributed by atoms with E-state index in [4.69, 9.17) is 4.99 Å². The first kappa shape index (κ1) is 19.3. The van der Waals surface area contributed by atoms with Gasteiger partial charge in [0.25, 0.3) is 0 Å². The molecule has 0 bridgehead atoms. The van der Waals surface area contributed by atoms with Crippen LogP contribution in [0.3, 0.4) is 0 Å². The van der Waals surface area contributed by atoms with Crippen LogP contribution in [-0.2, 0) is 0 Å². The number of aliphatic hydroxyl groups is 1. The van der Waals surface area contributed by atoms with Crippen molar-refractivity contribution in [2.24, 2.45) is 4.99 Å². The van der Waals surface area contributed by atoms with Gasteiger partial charge in [-0.3, -0.25) is 0 Å². The molecule has 5 rings (SSSR count). The summed E-state index contributed by atoms with van der Waals surface area (Å²) in [7, 11) is 0. The van der Waals surface area contributed by atoms with Gasteiger partial charge in [0.1, 0.15) is 10.8 Å². The summed E-state index contributed by atoms with van der Waals surface area (Å²) in [4.78, 5) is 8.77. The van der Waals surface area contributed by atoms with Crippen molar-refractivity contribution in [1.29, 1.82) is 0 Å². The van der Waals surface area contributed by atoms with Gasteiger partial charge in [-0.25, -0.2) is 4.99 Å². The van der Waals surface area contributed by atoms with Crippen molar-refractivity contribution >= 4 is 33.5 Å². The highest BCUT2D eigenvalue weighted by Crippen LogP contribution is 2.39. The maximum absolute atomic E-state index is 10.3. The van der Waals surface area contributed by atoms with E-state index >= 15 is 0 Å². The Morgan fingerprint density at radius 3 is 2.83 bits per heavy atom. The predicted molar refractivity (Wildman–Crippen MR) is 124 cm³/mol. The molecule has 0 saturated carbocycles. The monoisotopic (exact) mass is 418 g/mol. The van der Waals surface area contributed by atoms with Crippen molar-refractivity contribution in [3.05, 3.63) is 76.2 Å². The van der Waals surface area contributed by atoms with Crippen molar-refractivity contribution in [1.82, 2.24) is 10.2 Å². The van der Waals surface area contributed by atoms with E-state index in [2.05, 4.69) is 46.7 Å². The molecule has 0 radical (unpaired) electrons. The number of anilines is 2. The Morgan fingerprint density at radius 1 is 1.17 bits per heavy atom. The Morgan fingerprint density at radius 2 is 1.97 bits per heavy atom. The van der Waals surface area contributed by atoms with Crippen LogP contribution in [0, 0.1) is 6.92 Å². The number of piperazine rings is 1. The number of hydrogen-bond donors (Lipinski definition) is 3. The van der Waals surface area contributed by atoms with Crippen LogP contribution in [0.1, 0.15) is 40.6 Å². The van der Waals surface area contributed by atoms with Gasteiger partial charge in [-0.1, -0.05) is 36.4 Å². The molecule has 2 aromatic carbocycles. The lowest BCUT2D eigenvalue weighted by atomic mass is 9.95. The largest absolute Gasteiger partial charge is 0.389 e. The van der Waals surface area contributed by atoms with E-state index in [0.717, 1.165) is 58.5 Å². The van der Waals surface area contributed by atoms with Gasteiger partial charge in [0.2, 0.25) is 0 Å². The van der Waals surface area contributed by atoms with Gasteiger partial charge in [0, 0.05) is 24.5 Å². The first-order chi connectivity index (χ1) is 14.6. The molecule has 30 heavy (non-hydrogen) atoms. The first-order valence-electron chi connectivity index (χ1n) is 10.4. The molecule has 0 amide bonds. The molecule has 2 atom stereocenters. The quantitative estimate of drug-likeness (QED) is 0.554. The highest BCUT2D eigenvalue weighted by atomic mass is 32.1. The summed E-state index contributed by atoms with van der Waals surface area (Å²) in [6.07, 6.45) is -0.490. The molecule has 2 unspecified atom stereocenters. The average molecular weight is 419 g/mol. The number of hydrogen-bond acceptors (Lipinski definition) is 6. The van der Waals surface area contributed by atoms with E-state index in [1.807, 2.05) is 37.3 Å². The summed E-state index contributed by atoms with van der Waals surface area (Å²) < 4.78 is 0. The van der Waals surface area contributed by atoms with E-state index in [9.17, 15) is 5.11 Å². The molecule has 1 saturated heterocycles. The van der Waals surface area contributed by atoms with Crippen LogP contribution in [0.4, 0.5) is 16.4 Å². The highest BCUT2D eigenvalue weighted by molar-refractivity contribution is 7.16. The number of rotatable bonds is 2. The molecule has 5 nitrogen and oxygen atoms in total. The molecule has 0 spiro atoms. The van der Waals surface area contributed by atoms with Crippen molar-refractivity contribution in [3.8, 4) is 0 Å². The van der Waals surface area contributed by atoms with E-state index in [0.29, 0.717) is 0 Å². The number of aliphatic imine (C=N–C) groups is 1. The molecule has 2 aliphatic rings. The number of para-hydroxylation sites is 2. The van der Waals surface area contributed by atoms with Crippen molar-refractivity contribution in [2.75, 3.05) is 25.0 Å². The SMILES string of the molecule is Cc1cc2c(s1)Nc1ccccc1N=C2N1CCNC(c2ccccc2C(C)O)C1. The van der Waals surface area contributed by atoms with Gasteiger partial charge in [0.05, 0.1) is 29.1 Å². The number of fused-ring (bicyclic) bond motifs is 2. The van der Waals surface area contributed by atoms with E-state index < -0.39 is 6.10 Å². The Balaban J connectivity index is 1.54. The predicted octanol–water partition coefficient (Wildman–Crippen LogP) is 4.89. The van der Waals surface area contributed by atoms with Gasteiger partial charge >= 0.3 is 0 Å². The maximum atomic E-state index is 10.3. The highest BCUT2D eigenvalue weighted by Gasteiger charge is 2.29. The zero-order chi connectivity index (χ0) is 20.7. The molecule has 0 aliphatic carbocycles. The Kier molecular flexibility index (Phi) is 5.06. The van der Waals surface area contributed by atoms with Crippen LogP contribution in [0.5, 0.6) is 0 Å². The standard InChI is InChI=1S/C24H26N4OS/c1-15-13-19-23(26-20-9-5-6-10-21(20)27-24(19)30-15)28-12-11-25-22(14-28)18-8-4-3-7-17(18)16(2)29/h3-10,13,16,22,25,27,29H,11-12,14H2,1-2H3. The van der Waals surface area contributed by atoms with Crippen LogP contribution in [0.15, 0.2) is 59.6 Å². The van der Waals surface area contributed by atoms with Gasteiger partial charge in [-0.05, 0) is 43.2 Å². The minimum absolute atomic E-state index is 0.141. The number of amidine groups is 1. The summed E-state index contributed by atoms with van der Waals surface area (Å²) in [5.74, 6) is 1.02. The minimum atomic E-state index is -0.490. The lowest BCUT2D eigenvalue weighted by Crippen LogP contribution is -2.48. The van der Waals surface area contributed by atoms with E-state index in [-0.39, 0.29) is 6.04 Å². The Labute approximate surface area is 181 Å². The second-order valence-electron chi connectivity index (χ2n) is 7.94. The third-order valence-corrected chi connectivity index (χ3v) is 6.74. The third kappa shape index (κ3) is 3.51. The summed E-state index contributed by atoms with van der Waals surface area (Å²) >= 11 is 1.77. The second kappa shape index (κ2) is 7.87. The first-order valence-corrected chi connectivity index (χ1v) is 11.2. The number of aryl methyl sites for hydroxylation is 1. The smallest absolute Gasteiger partial charge is 0.139 e. The summed E-state index contributed by atoms with van der Waals surface area (Å²) in [6, 6.07) is 18.8. The van der Waals surface area contributed by atoms with Gasteiger partial charge in [-0.2, -0.15) is 0 Å². The van der Waals surface area contributed by atoms with Crippen molar-refractivity contribution < 1.29 is 5.11 Å². The molecular weight excluding hydrogens is 392 g/mol. The third-order valence-electron chi connectivity index (χ3n) is 5.77. The van der Waals surface area contributed by atoms with Crippen molar-refractivity contribution in [2.45, 2.75) is 26.0 Å². The van der Waals surface area contributed by atoms with Gasteiger partial charge in [-0.15, -0.1) is 11.3 Å². The molecule has 3 aromatic rings. The number of thiophene rings is 1. The normalized spacial score (nSPS) is 19.2. The van der Waals surface area contributed by atoms with E-state index in [1.54, 1.807) is 11.3 Å². The molecular formula is C24H26N4OS. The van der Waals surface area contributed by atoms with Crippen LogP contribution >= 0.6 is 11.3 Å². The lowest BCUT2D eigenvalue weighted by molar-refractivity contribution is 0.195. The molecule has 3 N–H and O–H groups in total. The molecule has 3 heterocycles. The number of nitrogens with zero attached hydrogens (tertiary/aromatic N) is 2. The Bertz CT molecular complexity index is 1100. The summed E-state index contributed by atoms with van der Waals surface area (Å²) in [5.41, 5.74) is 5.32. The zero-order valence-corrected chi connectivity index (χ0v) is 18.0. The molecule has 154 valence electrons. The fourth-order valence-electron chi connectivity index (χ4n) is 4.35.